The first-order chi connectivity index (χ1) is 14.1. The third kappa shape index (κ3) is 3.44. The summed E-state index contributed by atoms with van der Waals surface area (Å²) in [6.07, 6.45) is 8.34. The van der Waals surface area contributed by atoms with Gasteiger partial charge in [-0.2, -0.15) is 5.10 Å². The van der Waals surface area contributed by atoms with Gasteiger partial charge in [0.2, 0.25) is 5.91 Å². The molecule has 0 atom stereocenters. The fourth-order valence-corrected chi connectivity index (χ4v) is 5.80. The molecule has 5 nitrogen and oxygen atoms in total. The number of carbonyl (C=O) groups is 1. The molecule has 29 heavy (non-hydrogen) atoms. The Kier molecular flexibility index (Phi) is 5.03. The Labute approximate surface area is 181 Å². The Morgan fingerprint density at radius 2 is 1.90 bits per heavy atom. The number of nitrogens with zero attached hydrogens (tertiary/aromatic N) is 3. The minimum atomic E-state index is -0.397. The average Bonchev–Trinajstić information content (AvgIpc) is 3.30. The summed E-state index contributed by atoms with van der Waals surface area (Å²) in [7, 11) is 0. The molecule has 1 aliphatic heterocycles. The number of carbonyl (C=O) groups excluding carboxylic acids is 1. The van der Waals surface area contributed by atoms with Crippen molar-refractivity contribution < 1.29 is 4.79 Å². The Bertz CT molecular complexity index is 965. The monoisotopic (exact) mass is 430 g/mol. The first-order valence-electron chi connectivity index (χ1n) is 10.8. The lowest BCUT2D eigenvalue weighted by Crippen LogP contribution is -2.48. The average molecular weight is 431 g/mol. The number of rotatable bonds is 4. The molecule has 0 spiro atoms. The van der Waals surface area contributed by atoms with Gasteiger partial charge in [-0.05, 0) is 68.4 Å². The standard InChI is InChI=1S/C22H27ClN4OS/c23-17-5-3-4-16(14-17)22(10-1-2-11-22)20(28)26-12-8-15(9-13-26)19-24-25-21(29)27(19)18-6-7-18/h3-5,14-15,18H,1-2,6-13H2,(H,25,29). The summed E-state index contributed by atoms with van der Waals surface area (Å²) < 4.78 is 2.97. The number of amides is 1. The Balaban J connectivity index is 1.34. The topological polar surface area (TPSA) is 53.9 Å². The molecule has 3 aliphatic rings. The van der Waals surface area contributed by atoms with Gasteiger partial charge in [-0.1, -0.05) is 36.6 Å². The van der Waals surface area contributed by atoms with Gasteiger partial charge in [-0.3, -0.25) is 9.89 Å². The van der Waals surface area contributed by atoms with Gasteiger partial charge in [0, 0.05) is 30.1 Å². The van der Waals surface area contributed by atoms with Crippen LogP contribution in [0.25, 0.3) is 0 Å². The summed E-state index contributed by atoms with van der Waals surface area (Å²) in [5.74, 6) is 1.75. The highest BCUT2D eigenvalue weighted by molar-refractivity contribution is 7.71. The number of halogens is 1. The van der Waals surface area contributed by atoms with Crippen LogP contribution in [0.3, 0.4) is 0 Å². The van der Waals surface area contributed by atoms with Crippen molar-refractivity contribution in [2.24, 2.45) is 0 Å². The van der Waals surface area contributed by atoms with E-state index < -0.39 is 5.41 Å². The number of piperidine rings is 1. The lowest BCUT2D eigenvalue weighted by Gasteiger charge is -2.38. The van der Waals surface area contributed by atoms with Crippen molar-refractivity contribution >= 4 is 29.7 Å². The van der Waals surface area contributed by atoms with E-state index in [1.807, 2.05) is 18.2 Å². The van der Waals surface area contributed by atoms with Gasteiger partial charge in [0.15, 0.2) is 4.77 Å². The molecule has 0 unspecified atom stereocenters. The van der Waals surface area contributed by atoms with Crippen LogP contribution in [0.2, 0.25) is 5.02 Å². The zero-order valence-electron chi connectivity index (χ0n) is 16.6. The van der Waals surface area contributed by atoms with Crippen LogP contribution in [0.4, 0.5) is 0 Å². The van der Waals surface area contributed by atoms with Crippen molar-refractivity contribution in [2.45, 2.75) is 68.7 Å². The van der Waals surface area contributed by atoms with E-state index in [4.69, 9.17) is 23.8 Å². The Morgan fingerprint density at radius 1 is 1.17 bits per heavy atom. The highest BCUT2D eigenvalue weighted by atomic mass is 35.5. The van der Waals surface area contributed by atoms with E-state index in [2.05, 4.69) is 25.7 Å². The van der Waals surface area contributed by atoms with Gasteiger partial charge >= 0.3 is 0 Å². The number of aromatic amines is 1. The van der Waals surface area contributed by atoms with E-state index >= 15 is 0 Å². The van der Waals surface area contributed by atoms with Crippen molar-refractivity contribution in [3.63, 3.8) is 0 Å². The molecule has 0 radical (unpaired) electrons. The molecule has 7 heteroatoms. The summed E-state index contributed by atoms with van der Waals surface area (Å²) in [6.45, 7) is 1.58. The zero-order valence-corrected chi connectivity index (χ0v) is 18.1. The molecule has 1 aromatic heterocycles. The SMILES string of the molecule is O=C(N1CCC(c2n[nH]c(=S)n2C2CC2)CC1)C1(c2cccc(Cl)c2)CCCC1. The van der Waals surface area contributed by atoms with E-state index in [9.17, 15) is 4.79 Å². The third-order valence-electron chi connectivity index (χ3n) is 7.03. The fourth-order valence-electron chi connectivity index (χ4n) is 5.32. The molecular weight excluding hydrogens is 404 g/mol. The van der Waals surface area contributed by atoms with Gasteiger partial charge in [0.25, 0.3) is 0 Å². The number of nitrogens with one attached hydrogen (secondary N) is 1. The molecule has 3 fully saturated rings. The van der Waals surface area contributed by atoms with Crippen LogP contribution in [-0.2, 0) is 10.2 Å². The molecule has 1 aromatic carbocycles. The minimum Gasteiger partial charge on any atom is -0.342 e. The largest absolute Gasteiger partial charge is 0.342 e. The summed E-state index contributed by atoms with van der Waals surface area (Å²) in [4.78, 5) is 15.8. The van der Waals surface area contributed by atoms with Crippen LogP contribution < -0.4 is 0 Å². The normalized spacial score (nSPS) is 22.2. The van der Waals surface area contributed by atoms with Gasteiger partial charge in [-0.25, -0.2) is 0 Å². The van der Waals surface area contributed by atoms with E-state index in [1.165, 1.54) is 12.8 Å². The van der Waals surface area contributed by atoms with Crippen molar-refractivity contribution in [1.82, 2.24) is 19.7 Å². The van der Waals surface area contributed by atoms with Crippen molar-refractivity contribution in [2.75, 3.05) is 13.1 Å². The first-order valence-corrected chi connectivity index (χ1v) is 11.6. The summed E-state index contributed by atoms with van der Waals surface area (Å²) in [5.41, 5.74) is 0.690. The molecule has 1 amide bonds. The maximum absolute atomic E-state index is 13.7. The van der Waals surface area contributed by atoms with E-state index in [1.54, 1.807) is 0 Å². The first kappa shape index (κ1) is 19.3. The predicted molar refractivity (Wildman–Crippen MR) is 116 cm³/mol. The maximum Gasteiger partial charge on any atom is 0.233 e. The van der Waals surface area contributed by atoms with Crippen LogP contribution in [0.5, 0.6) is 0 Å². The molecular formula is C22H27ClN4OS. The van der Waals surface area contributed by atoms with Gasteiger partial charge in [0.1, 0.15) is 5.82 Å². The lowest BCUT2D eigenvalue weighted by atomic mass is 9.77. The van der Waals surface area contributed by atoms with Gasteiger partial charge in [-0.15, -0.1) is 0 Å². The molecule has 2 aromatic rings. The number of H-pyrrole nitrogens is 1. The summed E-state index contributed by atoms with van der Waals surface area (Å²) >= 11 is 11.7. The van der Waals surface area contributed by atoms with Gasteiger partial charge < -0.3 is 9.47 Å². The smallest absolute Gasteiger partial charge is 0.233 e. The Hall–Kier alpha value is -1.66. The number of hydrogen-bond acceptors (Lipinski definition) is 3. The van der Waals surface area contributed by atoms with Crippen molar-refractivity contribution in [3.05, 3.63) is 45.4 Å². The minimum absolute atomic E-state index is 0.289. The Morgan fingerprint density at radius 3 is 2.55 bits per heavy atom. The lowest BCUT2D eigenvalue weighted by molar-refractivity contribution is -0.138. The molecule has 1 N–H and O–H groups in total. The number of aromatic nitrogens is 3. The van der Waals surface area contributed by atoms with Crippen LogP contribution >= 0.6 is 23.8 Å². The quantitative estimate of drug-likeness (QED) is 0.682. The van der Waals surface area contributed by atoms with Crippen LogP contribution in [0.1, 0.15) is 74.7 Å². The van der Waals surface area contributed by atoms with E-state index in [0.717, 1.165) is 67.8 Å². The van der Waals surface area contributed by atoms with Crippen molar-refractivity contribution in [1.29, 1.82) is 0 Å². The molecule has 2 saturated carbocycles. The summed E-state index contributed by atoms with van der Waals surface area (Å²) in [6, 6.07) is 8.45. The summed E-state index contributed by atoms with van der Waals surface area (Å²) in [5, 5.41) is 8.25. The molecule has 2 aliphatic carbocycles. The van der Waals surface area contributed by atoms with Gasteiger partial charge in [0.05, 0.1) is 5.41 Å². The second-order valence-electron chi connectivity index (χ2n) is 8.85. The molecule has 1 saturated heterocycles. The van der Waals surface area contributed by atoms with E-state index in [0.29, 0.717) is 17.0 Å². The third-order valence-corrected chi connectivity index (χ3v) is 7.56. The number of benzene rings is 1. The molecule has 154 valence electrons. The highest BCUT2D eigenvalue weighted by Gasteiger charge is 2.46. The second-order valence-corrected chi connectivity index (χ2v) is 9.68. The van der Waals surface area contributed by atoms with Crippen LogP contribution in [0, 0.1) is 4.77 Å². The van der Waals surface area contributed by atoms with Crippen molar-refractivity contribution in [3.8, 4) is 0 Å². The zero-order chi connectivity index (χ0) is 20.0. The number of likely N-dealkylation sites (tertiary alicyclic amines) is 1. The molecule has 0 bridgehead atoms. The maximum atomic E-state index is 13.7. The second kappa shape index (κ2) is 7.55. The van der Waals surface area contributed by atoms with Crippen LogP contribution in [-0.4, -0.2) is 38.7 Å². The highest BCUT2D eigenvalue weighted by Crippen LogP contribution is 2.44. The molecule has 2 heterocycles. The molecule has 5 rings (SSSR count). The fraction of sp³-hybridized carbons (Fsp3) is 0.591. The predicted octanol–water partition coefficient (Wildman–Crippen LogP) is 5.15. The van der Waals surface area contributed by atoms with E-state index in [-0.39, 0.29) is 5.91 Å². The number of hydrogen-bond donors (Lipinski definition) is 1. The van der Waals surface area contributed by atoms with Crippen LogP contribution in [0.15, 0.2) is 24.3 Å².